The Morgan fingerprint density at radius 1 is 1.46 bits per heavy atom. The summed E-state index contributed by atoms with van der Waals surface area (Å²) in [5.41, 5.74) is 5.53. The minimum atomic E-state index is -0.566. The third kappa shape index (κ3) is 1.02. The average molecular weight is 183 g/mol. The molecular formula is C11H21NO. The zero-order valence-corrected chi connectivity index (χ0v) is 8.88. The van der Waals surface area contributed by atoms with Crippen molar-refractivity contribution >= 4 is 0 Å². The number of aliphatic hydroxyl groups is 1. The second-order valence-electron chi connectivity index (χ2n) is 5.66. The van der Waals surface area contributed by atoms with E-state index >= 15 is 0 Å². The van der Waals surface area contributed by atoms with Crippen LogP contribution in [-0.4, -0.2) is 17.3 Å². The van der Waals surface area contributed by atoms with Crippen molar-refractivity contribution in [1.29, 1.82) is 0 Å². The molecule has 13 heavy (non-hydrogen) atoms. The van der Waals surface area contributed by atoms with Gasteiger partial charge in [0.05, 0.1) is 5.60 Å². The minimum Gasteiger partial charge on any atom is -0.388 e. The van der Waals surface area contributed by atoms with Crippen molar-refractivity contribution < 1.29 is 5.11 Å². The molecule has 1 unspecified atom stereocenters. The maximum Gasteiger partial charge on any atom is 0.0800 e. The van der Waals surface area contributed by atoms with E-state index in [0.29, 0.717) is 29.7 Å². The first-order chi connectivity index (χ1) is 5.92. The van der Waals surface area contributed by atoms with Crippen molar-refractivity contribution in [2.24, 2.45) is 28.9 Å². The molecule has 3 fully saturated rings. The van der Waals surface area contributed by atoms with Crippen LogP contribution in [0.2, 0.25) is 0 Å². The lowest BCUT2D eigenvalue weighted by atomic mass is 9.42. The van der Waals surface area contributed by atoms with Gasteiger partial charge in [-0.25, -0.2) is 0 Å². The van der Waals surface area contributed by atoms with Gasteiger partial charge in [-0.05, 0) is 36.0 Å². The molecule has 4 atom stereocenters. The molecule has 3 aliphatic carbocycles. The highest BCUT2D eigenvalue weighted by atomic mass is 16.3. The molecule has 3 aliphatic rings. The van der Waals surface area contributed by atoms with Gasteiger partial charge in [0.15, 0.2) is 0 Å². The Balaban J connectivity index is 2.21. The van der Waals surface area contributed by atoms with E-state index in [1.165, 1.54) is 6.42 Å². The van der Waals surface area contributed by atoms with Crippen molar-refractivity contribution in [3.63, 3.8) is 0 Å². The topological polar surface area (TPSA) is 46.2 Å². The summed E-state index contributed by atoms with van der Waals surface area (Å²) in [4.78, 5) is 0. The van der Waals surface area contributed by atoms with Gasteiger partial charge in [-0.15, -0.1) is 0 Å². The van der Waals surface area contributed by atoms with Crippen molar-refractivity contribution in [3.05, 3.63) is 0 Å². The molecule has 0 spiro atoms. The highest BCUT2D eigenvalue weighted by Gasteiger charge is 2.60. The van der Waals surface area contributed by atoms with Crippen molar-refractivity contribution in [3.8, 4) is 0 Å². The Bertz CT molecular complexity index is 226. The summed E-state index contributed by atoms with van der Waals surface area (Å²) in [6, 6.07) is 0. The zero-order chi connectivity index (χ0) is 9.85. The summed E-state index contributed by atoms with van der Waals surface area (Å²) in [5.74, 6) is 1.75. The standard InChI is InChI=1S/C11H21NO/c1-7-9-4-8(10(9,2)3)5-11(7,13)6-12/h7-9,13H,4-6,12H2,1-3H3/t7-,8-,9+,11?/m1/s1. The first kappa shape index (κ1) is 9.47. The fraction of sp³-hybridized carbons (Fsp3) is 1.00. The molecule has 0 aromatic heterocycles. The predicted molar refractivity (Wildman–Crippen MR) is 53.2 cm³/mol. The predicted octanol–water partition coefficient (Wildman–Crippen LogP) is 1.38. The number of hydrogen-bond donors (Lipinski definition) is 2. The summed E-state index contributed by atoms with van der Waals surface area (Å²) >= 11 is 0. The van der Waals surface area contributed by atoms with Crippen LogP contribution in [0, 0.1) is 23.2 Å². The molecule has 0 heterocycles. The Labute approximate surface area is 80.5 Å². The summed E-state index contributed by atoms with van der Waals surface area (Å²) in [6.45, 7) is 7.25. The van der Waals surface area contributed by atoms with Crippen LogP contribution in [0.4, 0.5) is 0 Å². The second kappa shape index (κ2) is 2.48. The van der Waals surface area contributed by atoms with E-state index in [9.17, 15) is 5.11 Å². The van der Waals surface area contributed by atoms with Gasteiger partial charge in [0, 0.05) is 6.54 Å². The lowest BCUT2D eigenvalue weighted by Gasteiger charge is -2.64. The molecule has 0 aromatic rings. The van der Waals surface area contributed by atoms with Crippen LogP contribution in [-0.2, 0) is 0 Å². The van der Waals surface area contributed by atoms with Crippen LogP contribution >= 0.6 is 0 Å². The lowest BCUT2D eigenvalue weighted by Crippen LogP contribution is -2.64. The van der Waals surface area contributed by atoms with Crippen molar-refractivity contribution in [1.82, 2.24) is 0 Å². The van der Waals surface area contributed by atoms with Crippen LogP contribution < -0.4 is 5.73 Å². The number of nitrogens with two attached hydrogens (primary N) is 1. The monoisotopic (exact) mass is 183 g/mol. The van der Waals surface area contributed by atoms with E-state index in [1.807, 2.05) is 0 Å². The molecule has 0 aromatic carbocycles. The molecule has 0 amide bonds. The Morgan fingerprint density at radius 3 is 2.46 bits per heavy atom. The molecule has 2 heteroatoms. The van der Waals surface area contributed by atoms with Gasteiger partial charge in [0.2, 0.25) is 0 Å². The smallest absolute Gasteiger partial charge is 0.0800 e. The Morgan fingerprint density at radius 2 is 2.08 bits per heavy atom. The molecule has 3 N–H and O–H groups in total. The van der Waals surface area contributed by atoms with Crippen LogP contribution in [0.1, 0.15) is 33.6 Å². The molecule has 2 bridgehead atoms. The fourth-order valence-corrected chi connectivity index (χ4v) is 3.51. The van der Waals surface area contributed by atoms with Gasteiger partial charge in [0.1, 0.15) is 0 Å². The van der Waals surface area contributed by atoms with E-state index in [4.69, 9.17) is 5.73 Å². The summed E-state index contributed by atoms with van der Waals surface area (Å²) < 4.78 is 0. The minimum absolute atomic E-state index is 0.373. The van der Waals surface area contributed by atoms with Crippen molar-refractivity contribution in [2.75, 3.05) is 6.54 Å². The normalized spacial score (nSPS) is 52.8. The maximum atomic E-state index is 10.3. The van der Waals surface area contributed by atoms with E-state index in [-0.39, 0.29) is 0 Å². The molecular weight excluding hydrogens is 162 g/mol. The van der Waals surface area contributed by atoms with Gasteiger partial charge in [0.25, 0.3) is 0 Å². The molecule has 76 valence electrons. The first-order valence-corrected chi connectivity index (χ1v) is 5.34. The second-order valence-corrected chi connectivity index (χ2v) is 5.66. The highest BCUT2D eigenvalue weighted by molar-refractivity contribution is 5.10. The molecule has 0 radical (unpaired) electrons. The summed E-state index contributed by atoms with van der Waals surface area (Å²) in [6.07, 6.45) is 2.21. The van der Waals surface area contributed by atoms with E-state index in [0.717, 1.165) is 6.42 Å². The summed E-state index contributed by atoms with van der Waals surface area (Å²) in [7, 11) is 0. The number of rotatable bonds is 1. The third-order valence-electron chi connectivity index (χ3n) is 4.95. The van der Waals surface area contributed by atoms with Crippen molar-refractivity contribution in [2.45, 2.75) is 39.2 Å². The SMILES string of the molecule is C[C@@H]1[C@@H]2C[C@H](CC1(O)CN)C2(C)C. The largest absolute Gasteiger partial charge is 0.388 e. The Kier molecular flexibility index (Phi) is 1.81. The van der Waals surface area contributed by atoms with Crippen LogP contribution in [0.5, 0.6) is 0 Å². The lowest BCUT2D eigenvalue weighted by molar-refractivity contribution is -0.201. The highest BCUT2D eigenvalue weighted by Crippen LogP contribution is 2.63. The average Bonchev–Trinajstić information content (AvgIpc) is 2.09. The van der Waals surface area contributed by atoms with Gasteiger partial charge >= 0.3 is 0 Å². The van der Waals surface area contributed by atoms with Gasteiger partial charge in [-0.1, -0.05) is 20.8 Å². The maximum absolute atomic E-state index is 10.3. The van der Waals surface area contributed by atoms with Crippen LogP contribution in [0.25, 0.3) is 0 Å². The third-order valence-corrected chi connectivity index (χ3v) is 4.95. The molecule has 0 saturated heterocycles. The fourth-order valence-electron chi connectivity index (χ4n) is 3.51. The zero-order valence-electron chi connectivity index (χ0n) is 8.88. The van der Waals surface area contributed by atoms with E-state index in [2.05, 4.69) is 20.8 Å². The number of hydrogen-bond acceptors (Lipinski definition) is 2. The first-order valence-electron chi connectivity index (χ1n) is 5.34. The van der Waals surface area contributed by atoms with Crippen LogP contribution in [0.3, 0.4) is 0 Å². The summed E-state index contributed by atoms with van der Waals surface area (Å²) in [5, 5.41) is 10.3. The molecule has 3 saturated carbocycles. The van der Waals surface area contributed by atoms with Gasteiger partial charge in [-0.3, -0.25) is 0 Å². The molecule has 0 aliphatic heterocycles. The van der Waals surface area contributed by atoms with Gasteiger partial charge < -0.3 is 10.8 Å². The quantitative estimate of drug-likeness (QED) is 0.645. The van der Waals surface area contributed by atoms with E-state index < -0.39 is 5.60 Å². The van der Waals surface area contributed by atoms with Crippen LogP contribution in [0.15, 0.2) is 0 Å². The Hall–Kier alpha value is -0.0800. The molecule has 2 nitrogen and oxygen atoms in total. The van der Waals surface area contributed by atoms with Gasteiger partial charge in [-0.2, -0.15) is 0 Å². The van der Waals surface area contributed by atoms with E-state index in [1.54, 1.807) is 0 Å². The molecule has 3 rings (SSSR count). The number of fused-ring (bicyclic) bond motifs is 2.